The highest BCUT2D eigenvalue weighted by molar-refractivity contribution is 7.99. The van der Waals surface area contributed by atoms with Crippen molar-refractivity contribution in [3.05, 3.63) is 30.6 Å². The molecule has 158 valence electrons. The topological polar surface area (TPSA) is 106 Å². The van der Waals surface area contributed by atoms with E-state index in [2.05, 4.69) is 15.5 Å². The summed E-state index contributed by atoms with van der Waals surface area (Å²) in [5, 5.41) is 11.3. The number of carbonyl (C=O) groups is 1. The fourth-order valence-corrected chi connectivity index (χ4v) is 5.33. The number of benzene rings is 1. The van der Waals surface area contributed by atoms with Gasteiger partial charge in [0.2, 0.25) is 15.9 Å². The number of carbonyl (C=O) groups excluding carboxylic acids is 1. The van der Waals surface area contributed by atoms with Crippen LogP contribution in [0.5, 0.6) is 0 Å². The van der Waals surface area contributed by atoms with Gasteiger partial charge in [-0.2, -0.15) is 4.31 Å². The lowest BCUT2D eigenvalue weighted by atomic mass is 10.3. The van der Waals surface area contributed by atoms with Crippen molar-refractivity contribution in [1.82, 2.24) is 19.1 Å². The van der Waals surface area contributed by atoms with Crippen molar-refractivity contribution >= 4 is 33.4 Å². The molecule has 1 aromatic heterocycles. The van der Waals surface area contributed by atoms with Crippen LogP contribution >= 0.6 is 11.8 Å². The Morgan fingerprint density at radius 2 is 2.10 bits per heavy atom. The van der Waals surface area contributed by atoms with Gasteiger partial charge < -0.3 is 14.6 Å². The standard InChI is InChI=1S/C18H25N5O4S2/c1-27-11-5-8-22-14-19-21-18(22)28-13-17(24)20-15-6-4-7-16(12-15)29(25,26)23-9-2-3-10-23/h4,6-7,12,14H,2-3,5,8-11,13H2,1H3,(H,20,24). The van der Waals surface area contributed by atoms with Crippen molar-refractivity contribution < 1.29 is 17.9 Å². The zero-order valence-electron chi connectivity index (χ0n) is 16.3. The van der Waals surface area contributed by atoms with Gasteiger partial charge >= 0.3 is 0 Å². The Morgan fingerprint density at radius 3 is 2.86 bits per heavy atom. The smallest absolute Gasteiger partial charge is 0.243 e. The van der Waals surface area contributed by atoms with Gasteiger partial charge in [0.1, 0.15) is 6.33 Å². The molecule has 0 aliphatic carbocycles. The Morgan fingerprint density at radius 1 is 1.31 bits per heavy atom. The van der Waals surface area contributed by atoms with E-state index in [4.69, 9.17) is 4.74 Å². The monoisotopic (exact) mass is 439 g/mol. The molecule has 1 aliphatic heterocycles. The average Bonchev–Trinajstić information content (AvgIpc) is 3.39. The fraction of sp³-hybridized carbons (Fsp3) is 0.500. The first-order valence-electron chi connectivity index (χ1n) is 9.40. The van der Waals surface area contributed by atoms with E-state index in [1.54, 1.807) is 31.6 Å². The minimum absolute atomic E-state index is 0.145. The summed E-state index contributed by atoms with van der Waals surface area (Å²) in [6.07, 6.45) is 4.21. The molecule has 1 fully saturated rings. The van der Waals surface area contributed by atoms with Crippen LogP contribution in [0, 0.1) is 0 Å². The highest BCUT2D eigenvalue weighted by Gasteiger charge is 2.27. The molecule has 0 bridgehead atoms. The van der Waals surface area contributed by atoms with Crippen LogP contribution in [-0.4, -0.2) is 66.0 Å². The molecule has 1 saturated heterocycles. The van der Waals surface area contributed by atoms with Crippen LogP contribution in [0.4, 0.5) is 5.69 Å². The highest BCUT2D eigenvalue weighted by atomic mass is 32.2. The largest absolute Gasteiger partial charge is 0.385 e. The molecule has 0 radical (unpaired) electrons. The number of nitrogens with one attached hydrogen (secondary N) is 1. The molecule has 1 aromatic carbocycles. The predicted molar refractivity (Wildman–Crippen MR) is 110 cm³/mol. The highest BCUT2D eigenvalue weighted by Crippen LogP contribution is 2.23. The molecule has 1 amide bonds. The number of thioether (sulfide) groups is 1. The van der Waals surface area contributed by atoms with Crippen molar-refractivity contribution in [2.45, 2.75) is 35.9 Å². The van der Waals surface area contributed by atoms with Crippen LogP contribution in [-0.2, 0) is 26.1 Å². The summed E-state index contributed by atoms with van der Waals surface area (Å²) in [4.78, 5) is 12.5. The van der Waals surface area contributed by atoms with Crippen LogP contribution in [0.3, 0.4) is 0 Å². The summed E-state index contributed by atoms with van der Waals surface area (Å²) >= 11 is 1.28. The lowest BCUT2D eigenvalue weighted by molar-refractivity contribution is -0.113. The van der Waals surface area contributed by atoms with Crippen LogP contribution in [0.2, 0.25) is 0 Å². The molecule has 0 unspecified atom stereocenters. The van der Waals surface area contributed by atoms with Crippen LogP contribution in [0.1, 0.15) is 19.3 Å². The third kappa shape index (κ3) is 5.78. The number of rotatable bonds is 10. The second kappa shape index (κ2) is 10.2. The molecule has 0 atom stereocenters. The maximum atomic E-state index is 12.7. The van der Waals surface area contributed by atoms with E-state index in [-0.39, 0.29) is 16.6 Å². The van der Waals surface area contributed by atoms with Crippen LogP contribution in [0.15, 0.2) is 40.6 Å². The number of aromatic nitrogens is 3. The van der Waals surface area contributed by atoms with Gasteiger partial charge in [-0.3, -0.25) is 4.79 Å². The summed E-state index contributed by atoms with van der Waals surface area (Å²) in [5.41, 5.74) is 0.456. The molecule has 2 aromatic rings. The molecular weight excluding hydrogens is 414 g/mol. The Bertz CT molecular complexity index is 926. The summed E-state index contributed by atoms with van der Waals surface area (Å²) in [5.74, 6) is -0.0938. The van der Waals surface area contributed by atoms with Crippen molar-refractivity contribution in [2.24, 2.45) is 0 Å². The molecule has 1 N–H and O–H groups in total. The van der Waals surface area contributed by atoms with E-state index in [0.29, 0.717) is 37.1 Å². The lowest BCUT2D eigenvalue weighted by Crippen LogP contribution is -2.28. The van der Waals surface area contributed by atoms with E-state index in [0.717, 1.165) is 19.3 Å². The molecule has 2 heterocycles. The first kappa shape index (κ1) is 21.8. The third-order valence-electron chi connectivity index (χ3n) is 4.48. The molecule has 29 heavy (non-hydrogen) atoms. The SMILES string of the molecule is COCCCn1cnnc1SCC(=O)Nc1cccc(S(=O)(=O)N2CCCC2)c1. The van der Waals surface area contributed by atoms with Gasteiger partial charge in [-0.15, -0.1) is 10.2 Å². The minimum Gasteiger partial charge on any atom is -0.385 e. The molecule has 0 saturated carbocycles. The third-order valence-corrected chi connectivity index (χ3v) is 7.36. The van der Waals surface area contributed by atoms with Crippen molar-refractivity contribution in [2.75, 3.05) is 37.9 Å². The normalized spacial score (nSPS) is 14.9. The van der Waals surface area contributed by atoms with Crippen molar-refractivity contribution in [3.8, 4) is 0 Å². The van der Waals surface area contributed by atoms with Crippen LogP contribution in [0.25, 0.3) is 0 Å². The maximum absolute atomic E-state index is 12.7. The Labute approximate surface area is 174 Å². The quantitative estimate of drug-likeness (QED) is 0.445. The number of methoxy groups -OCH3 is 1. The predicted octanol–water partition coefficient (Wildman–Crippen LogP) is 1.83. The molecule has 9 nitrogen and oxygen atoms in total. The number of ether oxygens (including phenoxy) is 1. The lowest BCUT2D eigenvalue weighted by Gasteiger charge is -2.16. The number of amides is 1. The van der Waals surface area contributed by atoms with Gasteiger partial charge in [0.15, 0.2) is 5.16 Å². The molecule has 0 spiro atoms. The first-order chi connectivity index (χ1) is 14.0. The first-order valence-corrected chi connectivity index (χ1v) is 11.8. The number of hydrogen-bond donors (Lipinski definition) is 1. The van der Waals surface area contributed by atoms with E-state index < -0.39 is 10.0 Å². The molecule has 11 heteroatoms. The Hall–Kier alpha value is -1.95. The van der Waals surface area contributed by atoms with E-state index >= 15 is 0 Å². The van der Waals surface area contributed by atoms with Gasteiger partial charge in [0.25, 0.3) is 0 Å². The van der Waals surface area contributed by atoms with Gasteiger partial charge in [0, 0.05) is 39.0 Å². The Kier molecular flexibility index (Phi) is 7.64. The van der Waals surface area contributed by atoms with Crippen LogP contribution < -0.4 is 5.32 Å². The molecule has 1 aliphatic rings. The minimum atomic E-state index is -3.52. The van der Waals surface area contributed by atoms with Crippen molar-refractivity contribution in [1.29, 1.82) is 0 Å². The van der Waals surface area contributed by atoms with E-state index in [1.807, 2.05) is 4.57 Å². The summed E-state index contributed by atoms with van der Waals surface area (Å²) in [6.45, 7) is 2.43. The average molecular weight is 440 g/mol. The summed E-state index contributed by atoms with van der Waals surface area (Å²) in [7, 11) is -1.87. The second-order valence-electron chi connectivity index (χ2n) is 6.63. The fourth-order valence-electron chi connectivity index (χ4n) is 3.03. The molecular formula is C18H25N5O4S2. The van der Waals surface area contributed by atoms with Gasteiger partial charge in [-0.1, -0.05) is 17.8 Å². The summed E-state index contributed by atoms with van der Waals surface area (Å²) in [6, 6.07) is 6.38. The van der Waals surface area contributed by atoms with Gasteiger partial charge in [-0.05, 0) is 37.5 Å². The van der Waals surface area contributed by atoms with E-state index in [1.165, 1.54) is 22.1 Å². The number of anilines is 1. The van der Waals surface area contributed by atoms with Gasteiger partial charge in [0.05, 0.1) is 10.6 Å². The summed E-state index contributed by atoms with van der Waals surface area (Å²) < 4.78 is 33.8. The Balaban J connectivity index is 1.57. The number of sulfonamides is 1. The number of hydrogen-bond acceptors (Lipinski definition) is 7. The van der Waals surface area contributed by atoms with Gasteiger partial charge in [-0.25, -0.2) is 8.42 Å². The molecule has 3 rings (SSSR count). The zero-order chi connectivity index (χ0) is 20.7. The second-order valence-corrected chi connectivity index (χ2v) is 9.51. The van der Waals surface area contributed by atoms with E-state index in [9.17, 15) is 13.2 Å². The maximum Gasteiger partial charge on any atom is 0.243 e. The number of aryl methyl sites for hydroxylation is 1. The number of nitrogens with zero attached hydrogens (tertiary/aromatic N) is 4. The zero-order valence-corrected chi connectivity index (χ0v) is 17.9. The van der Waals surface area contributed by atoms with Crippen molar-refractivity contribution in [3.63, 3.8) is 0 Å².